The van der Waals surface area contributed by atoms with Crippen molar-refractivity contribution in [3.05, 3.63) is 98.0 Å². The molecule has 1 atom stereocenters. The van der Waals surface area contributed by atoms with Crippen molar-refractivity contribution >= 4 is 34.2 Å². The molecule has 2 aromatic carbocycles. The van der Waals surface area contributed by atoms with Crippen LogP contribution in [0.1, 0.15) is 62.3 Å². The highest BCUT2D eigenvalue weighted by Gasteiger charge is 2.39. The number of pyridine rings is 1. The molecule has 246 valence electrons. The molecule has 1 fully saturated rings. The number of likely N-dealkylation sites (tertiary alicyclic amines) is 1. The molecule has 11 heteroatoms. The van der Waals surface area contributed by atoms with E-state index >= 15 is 0 Å². The van der Waals surface area contributed by atoms with E-state index < -0.39 is 22.8 Å². The number of aryl methyl sites for hydroxylation is 1. The van der Waals surface area contributed by atoms with Crippen molar-refractivity contribution in [2.45, 2.75) is 64.4 Å². The first kappa shape index (κ1) is 32.2. The molecule has 6 rings (SSSR count). The Balaban J connectivity index is 1.11. The molecule has 1 aromatic heterocycles. The zero-order valence-corrected chi connectivity index (χ0v) is 27.1. The molecule has 2 aliphatic heterocycles. The predicted octanol–water partition coefficient (Wildman–Crippen LogP) is 5.55. The average Bonchev–Trinajstić information content (AvgIpc) is 3.08. The van der Waals surface area contributed by atoms with Gasteiger partial charge in [0.1, 0.15) is 6.10 Å². The highest BCUT2D eigenvalue weighted by atomic mass is 16.6. The molecular weight excluding hydrogens is 598 g/mol. The number of nitrogens with one attached hydrogen (secondary N) is 2. The molecule has 3 aromatic rings. The number of piperidine rings is 1. The summed E-state index contributed by atoms with van der Waals surface area (Å²) in [6.07, 6.45) is 5.52. The van der Waals surface area contributed by atoms with Gasteiger partial charge < -0.3 is 25.0 Å². The summed E-state index contributed by atoms with van der Waals surface area (Å²) in [5, 5.41) is 19.6. The number of benzene rings is 2. The molecule has 47 heavy (non-hydrogen) atoms. The van der Waals surface area contributed by atoms with E-state index in [1.165, 1.54) is 54.4 Å². The quantitative estimate of drug-likeness (QED) is 0.174. The Hall–Kier alpha value is -4.77. The standard InChI is InChI=1S/C36H41N5O6/c1-22-31(35(42)46-3)33(24-9-8-10-25(21-24)41(44)45)32(23(2)38-22)36(43)47-26-15-18-40(19-16-26)20-17-37-34-27-11-4-6-13-29(27)39-30-14-7-5-12-28(30)34/h4,6,8-11,13,21,26,33,38H,5,7,12,14-20H2,1-3H3,(H,37,39). The van der Waals surface area contributed by atoms with Gasteiger partial charge in [-0.2, -0.15) is 0 Å². The van der Waals surface area contributed by atoms with Crippen molar-refractivity contribution in [3.8, 4) is 0 Å². The van der Waals surface area contributed by atoms with Crippen molar-refractivity contribution in [1.29, 1.82) is 0 Å². The van der Waals surface area contributed by atoms with Crippen molar-refractivity contribution in [2.24, 2.45) is 0 Å². The van der Waals surface area contributed by atoms with Crippen LogP contribution >= 0.6 is 0 Å². The van der Waals surface area contributed by atoms with Crippen LogP contribution in [0.3, 0.4) is 0 Å². The monoisotopic (exact) mass is 639 g/mol. The van der Waals surface area contributed by atoms with E-state index in [9.17, 15) is 19.7 Å². The molecule has 1 saturated heterocycles. The number of aromatic nitrogens is 1. The lowest BCUT2D eigenvalue weighted by Gasteiger charge is -2.34. The van der Waals surface area contributed by atoms with Crippen LogP contribution in [0.25, 0.3) is 10.9 Å². The van der Waals surface area contributed by atoms with Gasteiger partial charge in [0.05, 0.1) is 34.6 Å². The summed E-state index contributed by atoms with van der Waals surface area (Å²) in [5.41, 5.74) is 6.65. The van der Waals surface area contributed by atoms with E-state index in [1.807, 2.05) is 6.07 Å². The number of nitrogens with zero attached hydrogens (tertiary/aromatic N) is 3. The van der Waals surface area contributed by atoms with Gasteiger partial charge in [-0.15, -0.1) is 0 Å². The Morgan fingerprint density at radius 2 is 1.74 bits per heavy atom. The van der Waals surface area contributed by atoms with Crippen molar-refractivity contribution in [1.82, 2.24) is 15.2 Å². The summed E-state index contributed by atoms with van der Waals surface area (Å²) in [5.74, 6) is -2.04. The van der Waals surface area contributed by atoms with Crippen LogP contribution in [-0.4, -0.2) is 66.1 Å². The second-order valence-electron chi connectivity index (χ2n) is 12.5. The maximum absolute atomic E-state index is 13.8. The topological polar surface area (TPSA) is 136 Å². The Bertz CT molecular complexity index is 1770. The van der Waals surface area contributed by atoms with Gasteiger partial charge >= 0.3 is 11.9 Å². The first-order chi connectivity index (χ1) is 22.7. The summed E-state index contributed by atoms with van der Waals surface area (Å²) < 4.78 is 11.1. The second-order valence-corrected chi connectivity index (χ2v) is 12.5. The summed E-state index contributed by atoms with van der Waals surface area (Å²) in [6.45, 7) is 6.70. The summed E-state index contributed by atoms with van der Waals surface area (Å²) >= 11 is 0. The number of nitro groups is 1. The van der Waals surface area contributed by atoms with Crippen molar-refractivity contribution in [3.63, 3.8) is 0 Å². The van der Waals surface area contributed by atoms with Gasteiger partial charge in [-0.3, -0.25) is 15.1 Å². The maximum Gasteiger partial charge on any atom is 0.337 e. The molecule has 3 heterocycles. The summed E-state index contributed by atoms with van der Waals surface area (Å²) in [6, 6.07) is 14.3. The molecule has 2 N–H and O–H groups in total. The minimum Gasteiger partial charge on any atom is -0.466 e. The summed E-state index contributed by atoms with van der Waals surface area (Å²) in [4.78, 5) is 45.2. The van der Waals surface area contributed by atoms with E-state index in [0.717, 1.165) is 44.5 Å². The highest BCUT2D eigenvalue weighted by Crippen LogP contribution is 2.40. The van der Waals surface area contributed by atoms with Gasteiger partial charge in [-0.1, -0.05) is 30.3 Å². The largest absolute Gasteiger partial charge is 0.466 e. The number of rotatable bonds is 9. The number of nitro benzene ring substituents is 1. The Morgan fingerprint density at radius 3 is 2.49 bits per heavy atom. The number of ether oxygens (including phenoxy) is 2. The van der Waals surface area contributed by atoms with Gasteiger partial charge in [0.25, 0.3) is 5.69 Å². The van der Waals surface area contributed by atoms with Crippen LogP contribution in [0.2, 0.25) is 0 Å². The Kier molecular flexibility index (Phi) is 9.53. The van der Waals surface area contributed by atoms with Gasteiger partial charge in [0, 0.05) is 66.5 Å². The SMILES string of the molecule is COC(=O)C1=C(C)NC(C)=C(C(=O)OC2CCN(CCNc3c4c(nc5ccccc35)CCCC4)CC2)C1c1cccc([N+](=O)[O-])c1. The number of hydrogen-bond donors (Lipinski definition) is 2. The maximum atomic E-state index is 13.8. The number of esters is 2. The molecule has 1 aliphatic carbocycles. The fraction of sp³-hybridized carbons (Fsp3) is 0.417. The molecule has 0 radical (unpaired) electrons. The zero-order chi connectivity index (χ0) is 33.1. The number of fused-ring (bicyclic) bond motifs is 2. The third-order valence-corrected chi connectivity index (χ3v) is 9.51. The zero-order valence-electron chi connectivity index (χ0n) is 27.1. The first-order valence-corrected chi connectivity index (χ1v) is 16.3. The molecule has 0 saturated carbocycles. The number of dihydropyridines is 1. The number of allylic oxidation sites excluding steroid dienone is 2. The molecule has 3 aliphatic rings. The number of para-hydroxylation sites is 1. The second kappa shape index (κ2) is 13.9. The normalized spacial score (nSPS) is 18.8. The van der Waals surface area contributed by atoms with E-state index in [-0.39, 0.29) is 22.9 Å². The van der Waals surface area contributed by atoms with E-state index in [1.54, 1.807) is 26.0 Å². The lowest BCUT2D eigenvalue weighted by atomic mass is 9.80. The lowest BCUT2D eigenvalue weighted by Crippen LogP contribution is -2.41. The Morgan fingerprint density at radius 1 is 1.02 bits per heavy atom. The lowest BCUT2D eigenvalue weighted by molar-refractivity contribution is -0.384. The van der Waals surface area contributed by atoms with Crippen molar-refractivity contribution < 1.29 is 24.0 Å². The van der Waals surface area contributed by atoms with Crippen LogP contribution in [0.15, 0.2) is 71.1 Å². The fourth-order valence-electron chi connectivity index (χ4n) is 7.18. The van der Waals surface area contributed by atoms with Gasteiger partial charge in [0.15, 0.2) is 0 Å². The third kappa shape index (κ3) is 6.71. The average molecular weight is 640 g/mol. The number of carbonyl (C=O) groups excluding carboxylic acids is 2. The van der Waals surface area contributed by atoms with Gasteiger partial charge in [-0.05, 0) is 69.6 Å². The molecule has 11 nitrogen and oxygen atoms in total. The fourth-order valence-corrected chi connectivity index (χ4v) is 7.18. The van der Waals surface area contributed by atoms with Crippen LogP contribution in [0, 0.1) is 10.1 Å². The molecular formula is C36H41N5O6. The van der Waals surface area contributed by atoms with Crippen LogP contribution < -0.4 is 10.6 Å². The number of non-ortho nitro benzene ring substituents is 1. The minimum absolute atomic E-state index is 0.132. The Labute approximate surface area is 274 Å². The molecule has 0 bridgehead atoms. The highest BCUT2D eigenvalue weighted by molar-refractivity contribution is 6.00. The van der Waals surface area contributed by atoms with E-state index in [2.05, 4.69) is 33.7 Å². The van der Waals surface area contributed by atoms with Gasteiger partial charge in [0.2, 0.25) is 0 Å². The molecule has 1 unspecified atom stereocenters. The van der Waals surface area contributed by atoms with Gasteiger partial charge in [-0.25, -0.2) is 9.59 Å². The third-order valence-electron chi connectivity index (χ3n) is 9.51. The predicted molar refractivity (Wildman–Crippen MR) is 179 cm³/mol. The smallest absolute Gasteiger partial charge is 0.337 e. The number of hydrogen-bond acceptors (Lipinski definition) is 10. The molecule has 0 amide bonds. The first-order valence-electron chi connectivity index (χ1n) is 16.3. The number of methoxy groups -OCH3 is 1. The number of anilines is 1. The van der Waals surface area contributed by atoms with E-state index in [4.69, 9.17) is 14.5 Å². The van der Waals surface area contributed by atoms with Crippen LogP contribution in [0.5, 0.6) is 0 Å². The minimum atomic E-state index is -0.878. The summed E-state index contributed by atoms with van der Waals surface area (Å²) in [7, 11) is 1.27. The molecule has 0 spiro atoms. The van der Waals surface area contributed by atoms with Crippen molar-refractivity contribution in [2.75, 3.05) is 38.6 Å². The van der Waals surface area contributed by atoms with Crippen LogP contribution in [-0.2, 0) is 31.9 Å². The number of carbonyl (C=O) groups is 2. The van der Waals surface area contributed by atoms with E-state index in [0.29, 0.717) is 29.8 Å². The van der Waals surface area contributed by atoms with Crippen LogP contribution in [0.4, 0.5) is 11.4 Å².